The van der Waals surface area contributed by atoms with E-state index in [0.717, 1.165) is 0 Å². The minimum Gasteiger partial charge on any atom is -0.465 e. The molecule has 0 aliphatic heterocycles. The van der Waals surface area contributed by atoms with Crippen molar-refractivity contribution in [3.8, 4) is 12.3 Å². The van der Waals surface area contributed by atoms with Crippen molar-refractivity contribution in [2.45, 2.75) is 19.4 Å². The molecule has 0 radical (unpaired) electrons. The van der Waals surface area contributed by atoms with Gasteiger partial charge in [-0.2, -0.15) is 0 Å². The summed E-state index contributed by atoms with van der Waals surface area (Å²) in [6, 6.07) is 3.30. The molecular formula is C12H14N2O2. The molecule has 0 aromatic carbocycles. The van der Waals surface area contributed by atoms with Crippen molar-refractivity contribution < 1.29 is 9.53 Å². The zero-order chi connectivity index (χ0) is 12.2. The Morgan fingerprint density at radius 1 is 1.62 bits per heavy atom. The van der Waals surface area contributed by atoms with E-state index in [2.05, 4.69) is 21.0 Å². The van der Waals surface area contributed by atoms with E-state index in [1.807, 2.05) is 13.8 Å². The second-order valence-corrected chi connectivity index (χ2v) is 3.79. The molecule has 1 aromatic rings. The first kappa shape index (κ1) is 12.1. The lowest BCUT2D eigenvalue weighted by atomic mass is 10.1. The second-order valence-electron chi connectivity index (χ2n) is 3.79. The van der Waals surface area contributed by atoms with Crippen LogP contribution in [0.4, 0.5) is 5.82 Å². The molecule has 0 bridgehead atoms. The standard InChI is InChI=1S/C12H14N2O2/c1-5-12(2,3)14-10-9(11(15)16-4)7-6-8-13-10/h1,6-8H,2-4H3,(H,13,14). The first-order chi connectivity index (χ1) is 7.50. The summed E-state index contributed by atoms with van der Waals surface area (Å²) < 4.78 is 4.65. The van der Waals surface area contributed by atoms with Gasteiger partial charge in [0, 0.05) is 6.20 Å². The minimum atomic E-state index is -0.572. The van der Waals surface area contributed by atoms with E-state index in [1.54, 1.807) is 18.3 Å². The molecule has 16 heavy (non-hydrogen) atoms. The number of anilines is 1. The quantitative estimate of drug-likeness (QED) is 0.619. The highest BCUT2D eigenvalue weighted by Crippen LogP contribution is 2.17. The molecule has 0 aliphatic carbocycles. The predicted molar refractivity (Wildman–Crippen MR) is 62.1 cm³/mol. The van der Waals surface area contributed by atoms with Crippen LogP contribution >= 0.6 is 0 Å². The van der Waals surface area contributed by atoms with Crippen molar-refractivity contribution >= 4 is 11.8 Å². The molecule has 1 aromatic heterocycles. The smallest absolute Gasteiger partial charge is 0.341 e. The molecule has 0 fully saturated rings. The lowest BCUT2D eigenvalue weighted by molar-refractivity contribution is 0.0601. The van der Waals surface area contributed by atoms with Gasteiger partial charge in [0.15, 0.2) is 0 Å². The molecule has 0 atom stereocenters. The number of hydrogen-bond donors (Lipinski definition) is 1. The van der Waals surface area contributed by atoms with Crippen molar-refractivity contribution in [1.82, 2.24) is 4.98 Å². The van der Waals surface area contributed by atoms with Gasteiger partial charge in [0.05, 0.1) is 12.6 Å². The van der Waals surface area contributed by atoms with E-state index in [4.69, 9.17) is 6.42 Å². The first-order valence-electron chi connectivity index (χ1n) is 4.79. The molecule has 0 aliphatic rings. The number of nitrogens with zero attached hydrogens (tertiary/aromatic N) is 1. The van der Waals surface area contributed by atoms with Gasteiger partial charge in [-0.25, -0.2) is 9.78 Å². The number of nitrogens with one attached hydrogen (secondary N) is 1. The first-order valence-corrected chi connectivity index (χ1v) is 4.79. The van der Waals surface area contributed by atoms with Gasteiger partial charge in [-0.15, -0.1) is 6.42 Å². The SMILES string of the molecule is C#CC(C)(C)Nc1ncccc1C(=O)OC. The van der Waals surface area contributed by atoms with Crippen LogP contribution in [0.3, 0.4) is 0 Å². The Balaban J connectivity index is 3.06. The molecule has 0 amide bonds. The van der Waals surface area contributed by atoms with Crippen LogP contribution in [0.1, 0.15) is 24.2 Å². The summed E-state index contributed by atoms with van der Waals surface area (Å²) in [6.45, 7) is 3.64. The zero-order valence-corrected chi connectivity index (χ0v) is 9.57. The fraction of sp³-hybridized carbons (Fsp3) is 0.333. The normalized spacial score (nSPS) is 10.4. The Kier molecular flexibility index (Phi) is 3.51. The summed E-state index contributed by atoms with van der Waals surface area (Å²) in [7, 11) is 1.32. The van der Waals surface area contributed by atoms with E-state index < -0.39 is 11.5 Å². The van der Waals surface area contributed by atoms with Gasteiger partial charge in [0.1, 0.15) is 11.4 Å². The van der Waals surface area contributed by atoms with Gasteiger partial charge in [-0.1, -0.05) is 5.92 Å². The number of aromatic nitrogens is 1. The van der Waals surface area contributed by atoms with Crippen LogP contribution < -0.4 is 5.32 Å². The van der Waals surface area contributed by atoms with Crippen molar-refractivity contribution in [3.63, 3.8) is 0 Å². The Morgan fingerprint density at radius 3 is 2.88 bits per heavy atom. The van der Waals surface area contributed by atoms with Gasteiger partial charge in [-0.05, 0) is 26.0 Å². The molecule has 0 unspecified atom stereocenters. The molecule has 0 saturated heterocycles. The Labute approximate surface area is 95.0 Å². The Morgan fingerprint density at radius 2 is 2.31 bits per heavy atom. The highest BCUT2D eigenvalue weighted by atomic mass is 16.5. The van der Waals surface area contributed by atoms with E-state index in [0.29, 0.717) is 11.4 Å². The number of esters is 1. The molecule has 0 spiro atoms. The fourth-order valence-electron chi connectivity index (χ4n) is 1.11. The van der Waals surface area contributed by atoms with Crippen molar-refractivity contribution in [2.24, 2.45) is 0 Å². The highest BCUT2D eigenvalue weighted by molar-refractivity contribution is 5.94. The summed E-state index contributed by atoms with van der Waals surface area (Å²) in [5, 5.41) is 3.00. The van der Waals surface area contributed by atoms with Gasteiger partial charge in [0.2, 0.25) is 0 Å². The lowest BCUT2D eigenvalue weighted by Crippen LogP contribution is -2.30. The maximum absolute atomic E-state index is 11.5. The maximum Gasteiger partial charge on any atom is 0.341 e. The number of methoxy groups -OCH3 is 1. The third kappa shape index (κ3) is 2.74. The number of pyridine rings is 1. The van der Waals surface area contributed by atoms with Crippen LogP contribution in [-0.4, -0.2) is 23.6 Å². The fourth-order valence-corrected chi connectivity index (χ4v) is 1.11. The third-order valence-electron chi connectivity index (χ3n) is 2.00. The van der Waals surface area contributed by atoms with Crippen LogP contribution in [0.25, 0.3) is 0 Å². The van der Waals surface area contributed by atoms with E-state index in [1.165, 1.54) is 7.11 Å². The number of carbonyl (C=O) groups excluding carboxylic acids is 1. The van der Waals surface area contributed by atoms with Crippen molar-refractivity contribution in [3.05, 3.63) is 23.9 Å². The average Bonchev–Trinajstić information content (AvgIpc) is 2.28. The van der Waals surface area contributed by atoms with Crippen LogP contribution in [0.2, 0.25) is 0 Å². The second kappa shape index (κ2) is 4.67. The van der Waals surface area contributed by atoms with E-state index in [9.17, 15) is 4.79 Å². The van der Waals surface area contributed by atoms with E-state index in [-0.39, 0.29) is 0 Å². The predicted octanol–water partition coefficient (Wildman–Crippen LogP) is 1.69. The summed E-state index contributed by atoms with van der Waals surface area (Å²) in [6.07, 6.45) is 6.94. The maximum atomic E-state index is 11.5. The summed E-state index contributed by atoms with van der Waals surface area (Å²) >= 11 is 0. The molecule has 1 rings (SSSR count). The van der Waals surface area contributed by atoms with Crippen LogP contribution in [-0.2, 0) is 4.74 Å². The van der Waals surface area contributed by atoms with E-state index >= 15 is 0 Å². The molecule has 84 valence electrons. The third-order valence-corrected chi connectivity index (χ3v) is 2.00. The van der Waals surface area contributed by atoms with Gasteiger partial charge >= 0.3 is 5.97 Å². The summed E-state index contributed by atoms with van der Waals surface area (Å²) in [4.78, 5) is 15.5. The van der Waals surface area contributed by atoms with Gasteiger partial charge in [-0.3, -0.25) is 0 Å². The number of carbonyl (C=O) groups is 1. The van der Waals surface area contributed by atoms with Crippen molar-refractivity contribution in [1.29, 1.82) is 0 Å². The number of ether oxygens (including phenoxy) is 1. The van der Waals surface area contributed by atoms with Gasteiger partial charge < -0.3 is 10.1 Å². The molecule has 0 saturated carbocycles. The van der Waals surface area contributed by atoms with Crippen LogP contribution in [0, 0.1) is 12.3 Å². The highest BCUT2D eigenvalue weighted by Gasteiger charge is 2.19. The summed E-state index contributed by atoms with van der Waals surface area (Å²) in [5.74, 6) is 2.56. The molecule has 4 heteroatoms. The lowest BCUT2D eigenvalue weighted by Gasteiger charge is -2.21. The molecule has 4 nitrogen and oxygen atoms in total. The number of rotatable bonds is 3. The molecular weight excluding hydrogens is 204 g/mol. The monoisotopic (exact) mass is 218 g/mol. The minimum absolute atomic E-state index is 0.369. The number of terminal acetylenes is 1. The van der Waals surface area contributed by atoms with Crippen molar-refractivity contribution in [2.75, 3.05) is 12.4 Å². The summed E-state index contributed by atoms with van der Waals surface area (Å²) in [5.41, 5.74) is -0.203. The molecule has 1 heterocycles. The largest absolute Gasteiger partial charge is 0.465 e. The van der Waals surface area contributed by atoms with Gasteiger partial charge in [0.25, 0.3) is 0 Å². The Hall–Kier alpha value is -2.02. The van der Waals surface area contributed by atoms with Crippen LogP contribution in [0.5, 0.6) is 0 Å². The zero-order valence-electron chi connectivity index (χ0n) is 9.57. The molecule has 1 N–H and O–H groups in total. The average molecular weight is 218 g/mol. The number of hydrogen-bond acceptors (Lipinski definition) is 4. The Bertz CT molecular complexity index is 433. The van der Waals surface area contributed by atoms with Crippen LogP contribution in [0.15, 0.2) is 18.3 Å². The topological polar surface area (TPSA) is 51.2 Å².